The first-order valence-corrected chi connectivity index (χ1v) is 6.80. The molecule has 0 saturated carbocycles. The van der Waals surface area contributed by atoms with Gasteiger partial charge in [-0.2, -0.15) is 5.10 Å². The zero-order chi connectivity index (χ0) is 17.3. The molecule has 1 atom stereocenters. The molecule has 0 radical (unpaired) electrons. The second kappa shape index (κ2) is 9.49. The summed E-state index contributed by atoms with van der Waals surface area (Å²) in [4.78, 5) is 28.4. The van der Waals surface area contributed by atoms with E-state index in [1.807, 2.05) is 0 Å². The van der Waals surface area contributed by atoms with Gasteiger partial charge in [-0.25, -0.2) is 4.99 Å². The van der Waals surface area contributed by atoms with Crippen molar-refractivity contribution >= 4 is 23.3 Å². The van der Waals surface area contributed by atoms with Gasteiger partial charge in [0.15, 0.2) is 5.78 Å². The lowest BCUT2D eigenvalue weighted by Gasteiger charge is -2.33. The molecule has 7 heteroatoms. The molecule has 0 aliphatic heterocycles. The van der Waals surface area contributed by atoms with Gasteiger partial charge in [0.05, 0.1) is 0 Å². The lowest BCUT2D eigenvalue weighted by atomic mass is 10.2. The van der Waals surface area contributed by atoms with E-state index in [4.69, 9.17) is 5.11 Å². The molecule has 0 aromatic carbocycles. The summed E-state index contributed by atoms with van der Waals surface area (Å²) >= 11 is 0. The van der Waals surface area contributed by atoms with Crippen molar-refractivity contribution in [2.75, 3.05) is 13.6 Å². The predicted octanol–water partition coefficient (Wildman–Crippen LogP) is 1.73. The number of amidine groups is 1. The number of aliphatic imine (C=N–C) groups is 1. The van der Waals surface area contributed by atoms with Crippen LogP contribution in [0.2, 0.25) is 0 Å². The summed E-state index contributed by atoms with van der Waals surface area (Å²) in [7, 11) is 1.76. The fraction of sp³-hybridized carbons (Fsp3) is 0.467. The van der Waals surface area contributed by atoms with Crippen LogP contribution in [0.5, 0.6) is 0 Å². The molecule has 122 valence electrons. The van der Waals surface area contributed by atoms with E-state index in [0.29, 0.717) is 5.84 Å². The number of aliphatic carboxylic acids is 1. The fourth-order valence-electron chi connectivity index (χ4n) is 1.63. The Bertz CT molecular complexity index is 497. The van der Waals surface area contributed by atoms with E-state index in [-0.39, 0.29) is 24.5 Å². The van der Waals surface area contributed by atoms with E-state index in [2.05, 4.69) is 23.3 Å². The standard InChI is InChI=1S/C15H24N4O3/c1-7-9-14(11(3)20)17-19(10-15(21)22)13(5)18(6)12(4)16-8-2/h7-8,13H,1-2,9-10H2,3-6H3,(H,21,22)/b16-12?,17-14+. The van der Waals surface area contributed by atoms with Gasteiger partial charge in [-0.1, -0.05) is 12.7 Å². The van der Waals surface area contributed by atoms with Gasteiger partial charge in [0.2, 0.25) is 0 Å². The zero-order valence-electron chi connectivity index (χ0n) is 13.6. The third-order valence-electron chi connectivity index (χ3n) is 3.07. The maximum atomic E-state index is 11.6. The van der Waals surface area contributed by atoms with Gasteiger partial charge in [0, 0.05) is 26.6 Å². The number of carboxylic acids is 1. The molecule has 0 amide bonds. The van der Waals surface area contributed by atoms with E-state index in [0.717, 1.165) is 0 Å². The van der Waals surface area contributed by atoms with Crippen LogP contribution in [0.15, 0.2) is 35.5 Å². The van der Waals surface area contributed by atoms with Crippen molar-refractivity contribution in [1.29, 1.82) is 0 Å². The molecule has 0 spiro atoms. The van der Waals surface area contributed by atoms with Gasteiger partial charge in [-0.15, -0.1) is 6.58 Å². The first kappa shape index (κ1) is 19.6. The maximum Gasteiger partial charge on any atom is 0.324 e. The molecule has 0 saturated heterocycles. The van der Waals surface area contributed by atoms with Gasteiger partial charge >= 0.3 is 5.97 Å². The quantitative estimate of drug-likeness (QED) is 0.230. The van der Waals surface area contributed by atoms with Crippen molar-refractivity contribution in [3.8, 4) is 0 Å². The summed E-state index contributed by atoms with van der Waals surface area (Å²) in [6.07, 6.45) is 2.83. The normalized spacial score (nSPS) is 13.3. The molecule has 0 aliphatic carbocycles. The largest absolute Gasteiger partial charge is 0.480 e. The minimum Gasteiger partial charge on any atom is -0.480 e. The first-order chi connectivity index (χ1) is 10.2. The van der Waals surface area contributed by atoms with Gasteiger partial charge in [-0.05, 0) is 13.8 Å². The van der Waals surface area contributed by atoms with E-state index < -0.39 is 12.1 Å². The summed E-state index contributed by atoms with van der Waals surface area (Å²) in [5.41, 5.74) is 0.259. The summed E-state index contributed by atoms with van der Waals surface area (Å²) in [5, 5.41) is 14.6. The highest BCUT2D eigenvalue weighted by Gasteiger charge is 2.21. The second-order valence-corrected chi connectivity index (χ2v) is 4.69. The summed E-state index contributed by atoms with van der Waals surface area (Å²) in [5.74, 6) is -0.605. The van der Waals surface area contributed by atoms with Gasteiger partial charge in [-0.3, -0.25) is 14.6 Å². The number of hydrogen-bond acceptors (Lipinski definition) is 5. The minimum absolute atomic E-state index is 0.221. The summed E-state index contributed by atoms with van der Waals surface area (Å²) in [6.45, 7) is 11.7. The van der Waals surface area contributed by atoms with Crippen molar-refractivity contribution < 1.29 is 14.7 Å². The Balaban J connectivity index is 5.51. The Kier molecular flexibility index (Phi) is 8.44. The monoisotopic (exact) mass is 308 g/mol. The molecule has 0 aromatic heterocycles. The van der Waals surface area contributed by atoms with E-state index in [1.165, 1.54) is 18.1 Å². The number of carbonyl (C=O) groups excluding carboxylic acids is 1. The molecular weight excluding hydrogens is 284 g/mol. The molecule has 0 rings (SSSR count). The van der Waals surface area contributed by atoms with Crippen molar-refractivity contribution in [2.24, 2.45) is 10.1 Å². The van der Waals surface area contributed by atoms with Crippen LogP contribution in [0.1, 0.15) is 27.2 Å². The molecule has 0 heterocycles. The number of nitrogens with zero attached hydrogens (tertiary/aromatic N) is 4. The van der Waals surface area contributed by atoms with Crippen LogP contribution in [-0.4, -0.2) is 58.1 Å². The second-order valence-electron chi connectivity index (χ2n) is 4.69. The van der Waals surface area contributed by atoms with E-state index in [9.17, 15) is 9.59 Å². The van der Waals surface area contributed by atoms with Crippen LogP contribution in [0, 0.1) is 0 Å². The molecule has 1 unspecified atom stereocenters. The average molecular weight is 308 g/mol. The summed E-state index contributed by atoms with van der Waals surface area (Å²) in [6, 6.07) is 0. The fourth-order valence-corrected chi connectivity index (χ4v) is 1.63. The highest BCUT2D eigenvalue weighted by Crippen LogP contribution is 2.08. The van der Waals surface area contributed by atoms with E-state index >= 15 is 0 Å². The highest BCUT2D eigenvalue weighted by molar-refractivity contribution is 6.39. The lowest BCUT2D eigenvalue weighted by Crippen LogP contribution is -2.46. The number of rotatable bonds is 9. The van der Waals surface area contributed by atoms with Crippen LogP contribution in [-0.2, 0) is 9.59 Å². The SMILES string of the molecule is C=CC/C(=N\N(CC(=O)O)C(C)N(C)C(C)=NC=C)C(C)=O. The molecule has 22 heavy (non-hydrogen) atoms. The molecular formula is C15H24N4O3. The number of hydrazone groups is 1. The predicted molar refractivity (Wildman–Crippen MR) is 87.8 cm³/mol. The molecule has 7 nitrogen and oxygen atoms in total. The van der Waals surface area contributed by atoms with Crippen molar-refractivity contribution in [3.63, 3.8) is 0 Å². The minimum atomic E-state index is -1.04. The first-order valence-electron chi connectivity index (χ1n) is 6.80. The molecule has 0 aromatic rings. The van der Waals surface area contributed by atoms with Crippen LogP contribution in [0.25, 0.3) is 0 Å². The van der Waals surface area contributed by atoms with Crippen LogP contribution in [0.4, 0.5) is 0 Å². The number of ketones is 1. The van der Waals surface area contributed by atoms with Gasteiger partial charge < -0.3 is 10.0 Å². The zero-order valence-corrected chi connectivity index (χ0v) is 13.6. The smallest absolute Gasteiger partial charge is 0.324 e. The third kappa shape index (κ3) is 6.34. The van der Waals surface area contributed by atoms with Gasteiger partial charge in [0.25, 0.3) is 0 Å². The average Bonchev–Trinajstić information content (AvgIpc) is 2.43. The number of carboxylic acid groups (broad SMARTS) is 1. The summed E-state index contributed by atoms with van der Waals surface area (Å²) < 4.78 is 0. The van der Waals surface area contributed by atoms with E-state index in [1.54, 1.807) is 31.9 Å². The Morgan fingerprint density at radius 3 is 2.32 bits per heavy atom. The number of Topliss-reactive ketones (excluding diaryl/α,β-unsaturated/α-hetero) is 1. The van der Waals surface area contributed by atoms with Crippen molar-refractivity contribution in [1.82, 2.24) is 9.91 Å². The Hall–Kier alpha value is -2.44. The van der Waals surface area contributed by atoms with Crippen LogP contribution >= 0.6 is 0 Å². The Morgan fingerprint density at radius 1 is 1.32 bits per heavy atom. The molecule has 1 N–H and O–H groups in total. The molecule has 0 aliphatic rings. The lowest BCUT2D eigenvalue weighted by molar-refractivity contribution is -0.139. The topological polar surface area (TPSA) is 85.6 Å². The van der Waals surface area contributed by atoms with Gasteiger partial charge in [0.1, 0.15) is 24.3 Å². The maximum absolute atomic E-state index is 11.6. The highest BCUT2D eigenvalue weighted by atomic mass is 16.4. The Labute approximate surface area is 131 Å². The van der Waals surface area contributed by atoms with Crippen molar-refractivity contribution in [3.05, 3.63) is 25.4 Å². The number of carbonyl (C=O) groups is 2. The Morgan fingerprint density at radius 2 is 1.91 bits per heavy atom. The van der Waals surface area contributed by atoms with Crippen LogP contribution < -0.4 is 0 Å². The van der Waals surface area contributed by atoms with Crippen molar-refractivity contribution in [2.45, 2.75) is 33.4 Å². The molecule has 0 bridgehead atoms. The van der Waals surface area contributed by atoms with Crippen LogP contribution in [0.3, 0.4) is 0 Å². The number of allylic oxidation sites excluding steroid dienone is 1. The molecule has 0 fully saturated rings. The third-order valence-corrected chi connectivity index (χ3v) is 3.07. The number of hydrogen-bond donors (Lipinski definition) is 1.